The number of guanidine groups is 1. The number of carbonyl (C=O) groups is 1. The lowest BCUT2D eigenvalue weighted by molar-refractivity contribution is -0.119. The molecule has 0 bridgehead atoms. The molecular formula is C23H29FN4O. The first-order valence-corrected chi connectivity index (χ1v) is 10.2. The van der Waals surface area contributed by atoms with Crippen molar-refractivity contribution in [2.75, 3.05) is 26.2 Å². The van der Waals surface area contributed by atoms with Gasteiger partial charge in [-0.1, -0.05) is 48.5 Å². The number of hydrogen-bond donors (Lipinski definition) is 3. The number of aliphatic imine (C=N–C) groups is 1. The zero-order chi connectivity index (χ0) is 20.5. The molecule has 1 aliphatic rings. The van der Waals surface area contributed by atoms with Gasteiger partial charge in [0.1, 0.15) is 12.4 Å². The fraction of sp³-hybridized carbons (Fsp3) is 0.391. The Morgan fingerprint density at radius 3 is 2.45 bits per heavy atom. The molecule has 2 aromatic carbocycles. The zero-order valence-electron chi connectivity index (χ0n) is 16.9. The number of amides is 1. The molecule has 1 saturated carbocycles. The first-order valence-electron chi connectivity index (χ1n) is 10.2. The van der Waals surface area contributed by atoms with Crippen LogP contribution < -0.4 is 16.0 Å². The number of halogens is 1. The van der Waals surface area contributed by atoms with Gasteiger partial charge >= 0.3 is 0 Å². The maximum absolute atomic E-state index is 14.2. The van der Waals surface area contributed by atoms with Crippen molar-refractivity contribution in [3.8, 4) is 0 Å². The van der Waals surface area contributed by atoms with Crippen molar-refractivity contribution >= 4 is 11.9 Å². The van der Waals surface area contributed by atoms with E-state index in [1.807, 2.05) is 49.4 Å². The highest BCUT2D eigenvalue weighted by molar-refractivity contribution is 5.85. The minimum Gasteiger partial charge on any atom is -0.357 e. The summed E-state index contributed by atoms with van der Waals surface area (Å²) in [4.78, 5) is 16.5. The van der Waals surface area contributed by atoms with E-state index in [1.165, 1.54) is 11.6 Å². The SMILES string of the molecule is CCNC(=NCC(=O)NCCc1ccccc1)NCC1(c2ccccc2F)CC1. The van der Waals surface area contributed by atoms with Crippen LogP contribution in [-0.2, 0) is 16.6 Å². The fourth-order valence-corrected chi connectivity index (χ4v) is 3.38. The van der Waals surface area contributed by atoms with E-state index in [0.717, 1.165) is 24.8 Å². The number of nitrogens with one attached hydrogen (secondary N) is 3. The molecule has 0 aromatic heterocycles. The van der Waals surface area contributed by atoms with Gasteiger partial charge in [0.05, 0.1) is 0 Å². The molecule has 0 atom stereocenters. The van der Waals surface area contributed by atoms with Crippen LogP contribution in [0.25, 0.3) is 0 Å². The van der Waals surface area contributed by atoms with Gasteiger partial charge in [-0.3, -0.25) is 4.79 Å². The van der Waals surface area contributed by atoms with Gasteiger partial charge in [0.25, 0.3) is 0 Å². The van der Waals surface area contributed by atoms with Crippen LogP contribution in [0.5, 0.6) is 0 Å². The lowest BCUT2D eigenvalue weighted by Gasteiger charge is -2.19. The standard InChI is InChI=1S/C23H29FN4O/c1-2-25-22(27-16-21(29)26-15-12-18-8-4-3-5-9-18)28-17-23(13-14-23)19-10-6-7-11-20(19)24/h3-11H,2,12-17H2,1H3,(H,26,29)(H2,25,27,28). The van der Waals surface area contributed by atoms with E-state index >= 15 is 0 Å². The predicted octanol–water partition coefficient (Wildman–Crippen LogP) is 2.77. The molecule has 5 nitrogen and oxygen atoms in total. The van der Waals surface area contributed by atoms with Crippen molar-refractivity contribution in [1.82, 2.24) is 16.0 Å². The minimum atomic E-state index is -0.181. The predicted molar refractivity (Wildman–Crippen MR) is 114 cm³/mol. The van der Waals surface area contributed by atoms with Gasteiger partial charge in [0.15, 0.2) is 5.96 Å². The smallest absolute Gasteiger partial charge is 0.241 e. The second-order valence-electron chi connectivity index (χ2n) is 7.39. The zero-order valence-corrected chi connectivity index (χ0v) is 16.9. The average Bonchev–Trinajstić information content (AvgIpc) is 3.52. The highest BCUT2D eigenvalue weighted by Gasteiger charge is 2.45. The van der Waals surface area contributed by atoms with Gasteiger partial charge < -0.3 is 16.0 Å². The molecule has 0 aliphatic heterocycles. The van der Waals surface area contributed by atoms with Gasteiger partial charge in [-0.25, -0.2) is 9.38 Å². The van der Waals surface area contributed by atoms with Gasteiger partial charge in [0, 0.05) is 25.0 Å². The molecule has 0 heterocycles. The van der Waals surface area contributed by atoms with Gasteiger partial charge in [-0.2, -0.15) is 0 Å². The van der Waals surface area contributed by atoms with Crippen molar-refractivity contribution in [1.29, 1.82) is 0 Å². The minimum absolute atomic E-state index is 0.0524. The monoisotopic (exact) mass is 396 g/mol. The number of rotatable bonds is 9. The second kappa shape index (κ2) is 10.0. The van der Waals surface area contributed by atoms with Crippen molar-refractivity contribution in [3.63, 3.8) is 0 Å². The van der Waals surface area contributed by atoms with Crippen molar-refractivity contribution in [3.05, 3.63) is 71.5 Å². The Hall–Kier alpha value is -2.89. The van der Waals surface area contributed by atoms with Crippen LogP contribution in [-0.4, -0.2) is 38.0 Å². The Balaban J connectivity index is 1.48. The van der Waals surface area contributed by atoms with E-state index in [0.29, 0.717) is 25.6 Å². The summed E-state index contributed by atoms with van der Waals surface area (Å²) in [7, 11) is 0. The summed E-state index contributed by atoms with van der Waals surface area (Å²) in [5.74, 6) is 0.299. The molecule has 2 aromatic rings. The Bertz CT molecular complexity index is 834. The van der Waals surface area contributed by atoms with E-state index in [9.17, 15) is 9.18 Å². The summed E-state index contributed by atoms with van der Waals surface area (Å²) in [6.45, 7) is 3.89. The molecule has 0 spiro atoms. The maximum Gasteiger partial charge on any atom is 0.241 e. The summed E-state index contributed by atoms with van der Waals surface area (Å²) >= 11 is 0. The van der Waals surface area contributed by atoms with Gasteiger partial charge in [-0.15, -0.1) is 0 Å². The molecule has 6 heteroatoms. The van der Waals surface area contributed by atoms with Gasteiger partial charge in [-0.05, 0) is 43.4 Å². The van der Waals surface area contributed by atoms with E-state index in [1.54, 1.807) is 6.07 Å². The van der Waals surface area contributed by atoms with E-state index in [4.69, 9.17) is 0 Å². The molecule has 1 amide bonds. The number of carbonyl (C=O) groups excluding carboxylic acids is 1. The third-order valence-corrected chi connectivity index (χ3v) is 5.20. The lowest BCUT2D eigenvalue weighted by atomic mass is 9.95. The normalized spacial score (nSPS) is 14.9. The lowest BCUT2D eigenvalue weighted by Crippen LogP contribution is -2.42. The van der Waals surface area contributed by atoms with Gasteiger partial charge in [0.2, 0.25) is 5.91 Å². The molecule has 154 valence electrons. The Morgan fingerprint density at radius 1 is 1.03 bits per heavy atom. The summed E-state index contributed by atoms with van der Waals surface area (Å²) < 4.78 is 14.2. The summed E-state index contributed by atoms with van der Waals surface area (Å²) in [5, 5.41) is 9.33. The molecule has 29 heavy (non-hydrogen) atoms. The molecule has 3 rings (SSSR count). The molecule has 1 aliphatic carbocycles. The number of benzene rings is 2. The van der Waals surface area contributed by atoms with Crippen LogP contribution >= 0.6 is 0 Å². The highest BCUT2D eigenvalue weighted by atomic mass is 19.1. The van der Waals surface area contributed by atoms with E-state index < -0.39 is 0 Å². The topological polar surface area (TPSA) is 65.5 Å². The molecule has 3 N–H and O–H groups in total. The summed E-state index contributed by atoms with van der Waals surface area (Å²) in [6.07, 6.45) is 2.68. The van der Waals surface area contributed by atoms with Crippen LogP contribution in [0.2, 0.25) is 0 Å². The molecule has 1 fully saturated rings. The molecule has 0 radical (unpaired) electrons. The van der Waals surface area contributed by atoms with Crippen LogP contribution in [0.4, 0.5) is 4.39 Å². The number of hydrogen-bond acceptors (Lipinski definition) is 2. The van der Waals surface area contributed by atoms with Crippen LogP contribution in [0, 0.1) is 5.82 Å². The van der Waals surface area contributed by atoms with E-state index in [-0.39, 0.29) is 23.7 Å². The molecule has 0 unspecified atom stereocenters. The molecular weight excluding hydrogens is 367 g/mol. The largest absolute Gasteiger partial charge is 0.357 e. The summed E-state index contributed by atoms with van der Waals surface area (Å²) in [6, 6.07) is 17.0. The Morgan fingerprint density at radius 2 is 1.76 bits per heavy atom. The van der Waals surface area contributed by atoms with Crippen LogP contribution in [0.1, 0.15) is 30.9 Å². The van der Waals surface area contributed by atoms with E-state index in [2.05, 4.69) is 20.9 Å². The first-order chi connectivity index (χ1) is 14.1. The summed E-state index contributed by atoms with van der Waals surface area (Å²) in [5.41, 5.74) is 1.76. The fourth-order valence-electron chi connectivity index (χ4n) is 3.38. The number of nitrogens with zero attached hydrogens (tertiary/aromatic N) is 1. The Labute approximate surface area is 171 Å². The average molecular weight is 397 g/mol. The Kier molecular flexibility index (Phi) is 7.22. The van der Waals surface area contributed by atoms with Crippen molar-refractivity contribution in [2.24, 2.45) is 4.99 Å². The third-order valence-electron chi connectivity index (χ3n) is 5.20. The van der Waals surface area contributed by atoms with Crippen molar-refractivity contribution < 1.29 is 9.18 Å². The second-order valence-corrected chi connectivity index (χ2v) is 7.39. The van der Waals surface area contributed by atoms with Crippen LogP contribution in [0.3, 0.4) is 0 Å². The maximum atomic E-state index is 14.2. The third kappa shape index (κ3) is 6.04. The quantitative estimate of drug-likeness (QED) is 0.451. The highest BCUT2D eigenvalue weighted by Crippen LogP contribution is 2.48. The first kappa shape index (κ1) is 20.8. The van der Waals surface area contributed by atoms with Crippen molar-refractivity contribution in [2.45, 2.75) is 31.6 Å². The molecule has 0 saturated heterocycles. The van der Waals surface area contributed by atoms with Crippen LogP contribution in [0.15, 0.2) is 59.6 Å².